The van der Waals surface area contributed by atoms with E-state index in [1.165, 1.54) is 0 Å². The third-order valence-corrected chi connectivity index (χ3v) is 4.28. The number of nitrogens with one attached hydrogen (secondary N) is 3. The number of pyridine rings is 1. The smallest absolute Gasteiger partial charge is 0.274 e. The quantitative estimate of drug-likeness (QED) is 0.517. The molecule has 7 heteroatoms. The summed E-state index contributed by atoms with van der Waals surface area (Å²) in [7, 11) is 0. The van der Waals surface area contributed by atoms with Crippen molar-refractivity contribution in [1.29, 1.82) is 0 Å². The second-order valence-corrected chi connectivity index (χ2v) is 6.43. The van der Waals surface area contributed by atoms with Crippen LogP contribution in [0.5, 0.6) is 0 Å². The first-order valence-corrected chi connectivity index (χ1v) is 9.14. The van der Waals surface area contributed by atoms with Crippen molar-refractivity contribution < 1.29 is 4.79 Å². The van der Waals surface area contributed by atoms with Gasteiger partial charge < -0.3 is 21.7 Å². The summed E-state index contributed by atoms with van der Waals surface area (Å²) in [4.78, 5) is 20.9. The van der Waals surface area contributed by atoms with Crippen LogP contribution >= 0.6 is 0 Å². The van der Waals surface area contributed by atoms with Crippen molar-refractivity contribution in [3.05, 3.63) is 90.3 Å². The molecule has 0 unspecified atom stereocenters. The fraction of sp³-hybridized carbons (Fsp3) is 0.0455. The fourth-order valence-corrected chi connectivity index (χ4v) is 2.92. The van der Waals surface area contributed by atoms with Crippen LogP contribution in [0.3, 0.4) is 0 Å². The molecule has 5 N–H and O–H groups in total. The van der Waals surface area contributed by atoms with Crippen molar-refractivity contribution in [1.82, 2.24) is 10.3 Å². The van der Waals surface area contributed by atoms with Gasteiger partial charge in [-0.05, 0) is 54.1 Å². The maximum atomic E-state index is 12.3. The summed E-state index contributed by atoms with van der Waals surface area (Å²) in [5, 5.41) is 9.39. The fourth-order valence-electron chi connectivity index (χ4n) is 2.92. The second-order valence-electron chi connectivity index (χ2n) is 6.43. The lowest BCUT2D eigenvalue weighted by molar-refractivity contribution is 0.102. The minimum absolute atomic E-state index is 0.251. The van der Waals surface area contributed by atoms with Crippen molar-refractivity contribution in [2.24, 2.45) is 4.99 Å². The lowest BCUT2D eigenvalue weighted by Crippen LogP contribution is -2.32. The van der Waals surface area contributed by atoms with E-state index in [-0.39, 0.29) is 5.91 Å². The Morgan fingerprint density at radius 2 is 1.86 bits per heavy atom. The molecule has 0 saturated heterocycles. The van der Waals surface area contributed by atoms with E-state index in [2.05, 4.69) is 25.9 Å². The molecule has 2 aromatic carbocycles. The summed E-state index contributed by atoms with van der Waals surface area (Å²) < 4.78 is 0. The Labute approximate surface area is 168 Å². The number of aliphatic imine (C=N–C) groups is 1. The summed E-state index contributed by atoms with van der Waals surface area (Å²) in [6.45, 7) is 0.539. The van der Waals surface area contributed by atoms with Gasteiger partial charge in [0.05, 0.1) is 6.54 Å². The van der Waals surface area contributed by atoms with E-state index in [0.29, 0.717) is 29.6 Å². The van der Waals surface area contributed by atoms with Crippen molar-refractivity contribution >= 4 is 34.6 Å². The van der Waals surface area contributed by atoms with Crippen molar-refractivity contribution in [3.63, 3.8) is 0 Å². The Hall–Kier alpha value is -4.13. The Morgan fingerprint density at radius 1 is 1.00 bits per heavy atom. The van der Waals surface area contributed by atoms with E-state index in [1.807, 2.05) is 54.6 Å². The monoisotopic (exact) mass is 384 g/mol. The standard InChI is InChI=1S/C22H20N6O/c23-16-6-4-8-18(14-16)27-22-25-12-10-19(28-22)15-5-3-7-17(13-15)26-21(29)20-9-1-2-11-24-20/h1-11,13-14H,12,23H2,(H,26,29)(H2,25,27,28). The zero-order valence-corrected chi connectivity index (χ0v) is 15.6. The first-order valence-electron chi connectivity index (χ1n) is 9.14. The minimum Gasteiger partial charge on any atom is -0.399 e. The number of amides is 1. The maximum Gasteiger partial charge on any atom is 0.274 e. The number of anilines is 3. The van der Waals surface area contributed by atoms with E-state index >= 15 is 0 Å². The van der Waals surface area contributed by atoms with Crippen LogP contribution in [0.25, 0.3) is 5.70 Å². The maximum absolute atomic E-state index is 12.3. The molecular weight excluding hydrogens is 364 g/mol. The molecule has 2 heterocycles. The number of nitrogens with two attached hydrogens (primary N) is 1. The third-order valence-electron chi connectivity index (χ3n) is 4.28. The van der Waals surface area contributed by atoms with Crippen LogP contribution < -0.4 is 21.7 Å². The highest BCUT2D eigenvalue weighted by molar-refractivity contribution is 6.03. The normalized spacial score (nSPS) is 13.0. The van der Waals surface area contributed by atoms with Gasteiger partial charge in [-0.1, -0.05) is 24.3 Å². The molecule has 3 aromatic rings. The second kappa shape index (κ2) is 8.26. The molecule has 29 heavy (non-hydrogen) atoms. The molecule has 1 aromatic heterocycles. The number of nitrogen functional groups attached to an aromatic ring is 1. The summed E-state index contributed by atoms with van der Waals surface area (Å²) >= 11 is 0. The van der Waals surface area contributed by atoms with E-state index < -0.39 is 0 Å². The number of aromatic nitrogens is 1. The van der Waals surface area contributed by atoms with Gasteiger partial charge in [-0.2, -0.15) is 0 Å². The number of hydrogen-bond acceptors (Lipinski definition) is 6. The lowest BCUT2D eigenvalue weighted by atomic mass is 10.1. The molecule has 1 aliphatic heterocycles. The van der Waals surface area contributed by atoms with Crippen molar-refractivity contribution in [3.8, 4) is 0 Å². The third kappa shape index (κ3) is 4.59. The van der Waals surface area contributed by atoms with Gasteiger partial charge in [-0.3, -0.25) is 9.78 Å². The van der Waals surface area contributed by atoms with E-state index in [9.17, 15) is 4.79 Å². The molecule has 0 saturated carbocycles. The molecule has 0 radical (unpaired) electrons. The number of carbonyl (C=O) groups is 1. The number of hydrogen-bond donors (Lipinski definition) is 4. The lowest BCUT2D eigenvalue weighted by Gasteiger charge is -2.19. The average molecular weight is 384 g/mol. The highest BCUT2D eigenvalue weighted by Crippen LogP contribution is 2.20. The Bertz CT molecular complexity index is 1090. The molecule has 0 fully saturated rings. The van der Waals surface area contributed by atoms with Crippen molar-refractivity contribution in [2.75, 3.05) is 22.9 Å². The number of nitrogens with zero attached hydrogens (tertiary/aromatic N) is 2. The van der Waals surface area contributed by atoms with Crippen LogP contribution in [-0.4, -0.2) is 23.4 Å². The number of guanidine groups is 1. The molecule has 0 spiro atoms. The summed E-state index contributed by atoms with van der Waals surface area (Å²) in [5.41, 5.74) is 10.3. The zero-order valence-electron chi connectivity index (χ0n) is 15.6. The van der Waals surface area contributed by atoms with Crippen LogP contribution in [0, 0.1) is 0 Å². The molecule has 0 aliphatic carbocycles. The van der Waals surface area contributed by atoms with Crippen LogP contribution in [0.4, 0.5) is 17.1 Å². The minimum atomic E-state index is -0.251. The number of benzene rings is 2. The van der Waals surface area contributed by atoms with Gasteiger partial charge in [0.2, 0.25) is 5.96 Å². The van der Waals surface area contributed by atoms with Crippen molar-refractivity contribution in [2.45, 2.75) is 0 Å². The van der Waals surface area contributed by atoms with E-state index in [4.69, 9.17) is 5.73 Å². The Morgan fingerprint density at radius 3 is 2.69 bits per heavy atom. The van der Waals surface area contributed by atoms with Gasteiger partial charge in [0.15, 0.2) is 0 Å². The van der Waals surface area contributed by atoms with Gasteiger partial charge in [-0.25, -0.2) is 4.99 Å². The van der Waals surface area contributed by atoms with Gasteiger partial charge in [0.25, 0.3) is 5.91 Å². The molecular formula is C22H20N6O. The average Bonchev–Trinajstić information content (AvgIpc) is 2.75. The number of rotatable bonds is 4. The zero-order chi connectivity index (χ0) is 20.1. The van der Waals surface area contributed by atoms with Gasteiger partial charge in [-0.15, -0.1) is 0 Å². The SMILES string of the molecule is Nc1cccc(NC2=NCC=C(c3cccc(NC(=O)c4ccccn4)c3)N2)c1. The Kier molecular flexibility index (Phi) is 5.20. The van der Waals surface area contributed by atoms with Gasteiger partial charge in [0, 0.05) is 29.0 Å². The van der Waals surface area contributed by atoms with E-state index in [1.54, 1.807) is 24.4 Å². The van der Waals surface area contributed by atoms with Gasteiger partial charge >= 0.3 is 0 Å². The summed E-state index contributed by atoms with van der Waals surface area (Å²) in [6, 6.07) is 20.3. The summed E-state index contributed by atoms with van der Waals surface area (Å²) in [6.07, 6.45) is 3.58. The molecule has 144 valence electrons. The molecule has 1 aliphatic rings. The summed E-state index contributed by atoms with van der Waals surface area (Å²) in [5.74, 6) is 0.384. The number of carbonyl (C=O) groups excluding carboxylic acids is 1. The highest BCUT2D eigenvalue weighted by atomic mass is 16.1. The van der Waals surface area contributed by atoms with Crippen LogP contribution in [-0.2, 0) is 0 Å². The molecule has 7 nitrogen and oxygen atoms in total. The predicted octanol–water partition coefficient (Wildman–Crippen LogP) is 3.33. The Balaban J connectivity index is 1.45. The molecule has 0 bridgehead atoms. The van der Waals surface area contributed by atoms with Crippen LogP contribution in [0.2, 0.25) is 0 Å². The first-order chi connectivity index (χ1) is 14.2. The van der Waals surface area contributed by atoms with Crippen LogP contribution in [0.15, 0.2) is 84.0 Å². The first kappa shape index (κ1) is 18.2. The molecule has 4 rings (SSSR count). The topological polar surface area (TPSA) is 104 Å². The largest absolute Gasteiger partial charge is 0.399 e. The van der Waals surface area contributed by atoms with E-state index in [0.717, 1.165) is 16.9 Å². The van der Waals surface area contributed by atoms with Gasteiger partial charge in [0.1, 0.15) is 5.69 Å². The molecule has 0 atom stereocenters. The highest BCUT2D eigenvalue weighted by Gasteiger charge is 2.12. The van der Waals surface area contributed by atoms with Crippen LogP contribution in [0.1, 0.15) is 16.1 Å². The molecule has 1 amide bonds. The predicted molar refractivity (Wildman–Crippen MR) is 117 cm³/mol.